The molecule has 0 spiro atoms. The molecule has 0 bridgehead atoms. The zero-order valence-corrected chi connectivity index (χ0v) is 21.4. The van der Waals surface area contributed by atoms with Crippen LogP contribution in [0, 0.1) is 5.92 Å². The highest BCUT2D eigenvalue weighted by atomic mass is 32.2. The van der Waals surface area contributed by atoms with E-state index in [0.717, 1.165) is 37.2 Å². The van der Waals surface area contributed by atoms with Crippen molar-refractivity contribution in [1.29, 1.82) is 0 Å². The first-order valence-electron chi connectivity index (χ1n) is 12.6. The Morgan fingerprint density at radius 3 is 3.03 bits per heavy atom. The number of rotatable bonds is 8. The first-order valence-corrected chi connectivity index (χ1v) is 13.5. The molecule has 4 heterocycles. The zero-order chi connectivity index (χ0) is 24.5. The lowest BCUT2D eigenvalue weighted by Gasteiger charge is -2.31. The summed E-state index contributed by atoms with van der Waals surface area (Å²) in [7, 11) is 1.85. The summed E-state index contributed by atoms with van der Waals surface area (Å²) < 4.78 is 1.74. The molecular weight excluding hydrogens is 460 g/mol. The number of aliphatic hydroxyl groups excluding tert-OH is 1. The minimum Gasteiger partial charge on any atom is -0.378 e. The van der Waals surface area contributed by atoms with Gasteiger partial charge in [-0.2, -0.15) is 0 Å². The van der Waals surface area contributed by atoms with Crippen LogP contribution < -0.4 is 21.6 Å². The van der Waals surface area contributed by atoms with Gasteiger partial charge >= 0.3 is 5.69 Å². The van der Waals surface area contributed by atoms with Crippen molar-refractivity contribution in [3.8, 4) is 0 Å². The topological polar surface area (TPSA) is 106 Å². The Hall–Kier alpha value is -2.17. The van der Waals surface area contributed by atoms with E-state index in [1.165, 1.54) is 16.1 Å². The normalized spacial score (nSPS) is 29.2. The smallest absolute Gasteiger partial charge is 0.325 e. The molecule has 5 rings (SSSR count). The third-order valence-corrected chi connectivity index (χ3v) is 8.81. The van der Waals surface area contributed by atoms with Crippen LogP contribution in [-0.2, 0) is 13.6 Å². The minimum absolute atomic E-state index is 0.0530. The van der Waals surface area contributed by atoms with Crippen LogP contribution in [0.2, 0.25) is 0 Å². The molecule has 2 unspecified atom stereocenters. The molecule has 1 aromatic rings. The van der Waals surface area contributed by atoms with Crippen LogP contribution in [0.5, 0.6) is 0 Å². The number of thioether (sulfide) groups is 1. The number of nitrogens with one attached hydrogen (secondary N) is 4. The molecule has 0 radical (unpaired) electrons. The van der Waals surface area contributed by atoms with Gasteiger partial charge in [0.25, 0.3) is 0 Å². The van der Waals surface area contributed by atoms with Gasteiger partial charge in [-0.1, -0.05) is 31.2 Å². The highest BCUT2D eigenvalue weighted by molar-refractivity contribution is 8.04. The zero-order valence-electron chi connectivity index (χ0n) is 20.6. The number of aromatic amines is 1. The molecule has 5 N–H and O–H groups in total. The van der Waals surface area contributed by atoms with Crippen LogP contribution >= 0.6 is 11.8 Å². The fourth-order valence-electron chi connectivity index (χ4n) is 5.22. The third-order valence-electron chi connectivity index (χ3n) is 7.44. The average molecular weight is 497 g/mol. The van der Waals surface area contributed by atoms with Crippen molar-refractivity contribution in [1.82, 2.24) is 25.5 Å². The molecule has 3 aliphatic heterocycles. The molecule has 0 aromatic carbocycles. The Balaban J connectivity index is 1.20. The molecule has 188 valence electrons. The van der Waals surface area contributed by atoms with E-state index in [0.29, 0.717) is 11.8 Å². The number of imidazole rings is 1. The molecule has 1 aliphatic carbocycles. The van der Waals surface area contributed by atoms with Gasteiger partial charge < -0.3 is 15.4 Å². The van der Waals surface area contributed by atoms with Crippen LogP contribution in [0.1, 0.15) is 44.5 Å². The maximum atomic E-state index is 12.2. The lowest BCUT2D eigenvalue weighted by Crippen LogP contribution is -2.49. The van der Waals surface area contributed by atoms with Crippen molar-refractivity contribution in [2.45, 2.75) is 69.4 Å². The Bertz CT molecular complexity index is 1160. The lowest BCUT2D eigenvalue weighted by molar-refractivity contribution is 0.0679. The van der Waals surface area contributed by atoms with Crippen LogP contribution in [0.25, 0.3) is 5.57 Å². The fraction of sp³-hybridized carbons (Fsp3) is 0.538. The predicted octanol–water partition coefficient (Wildman–Crippen LogP) is 2.17. The molecule has 0 fully saturated rings. The lowest BCUT2D eigenvalue weighted by atomic mass is 9.87. The van der Waals surface area contributed by atoms with E-state index >= 15 is 0 Å². The number of dihydropyridines is 1. The second kappa shape index (κ2) is 10.4. The molecule has 8 nitrogen and oxygen atoms in total. The summed E-state index contributed by atoms with van der Waals surface area (Å²) >= 11 is 1.90. The summed E-state index contributed by atoms with van der Waals surface area (Å²) in [6.07, 6.45) is 14.8. The summed E-state index contributed by atoms with van der Waals surface area (Å²) in [5.41, 5.74) is 4.51. The van der Waals surface area contributed by atoms with Crippen molar-refractivity contribution in [3.63, 3.8) is 0 Å². The van der Waals surface area contributed by atoms with Crippen molar-refractivity contribution in [2.24, 2.45) is 18.0 Å². The van der Waals surface area contributed by atoms with Crippen LogP contribution in [0.15, 0.2) is 50.6 Å². The maximum absolute atomic E-state index is 12.2. The highest BCUT2D eigenvalue weighted by Crippen LogP contribution is 2.41. The van der Waals surface area contributed by atoms with Gasteiger partial charge in [-0.3, -0.25) is 20.2 Å². The van der Waals surface area contributed by atoms with E-state index in [9.17, 15) is 9.90 Å². The van der Waals surface area contributed by atoms with E-state index in [-0.39, 0.29) is 29.9 Å². The Labute approximate surface area is 210 Å². The van der Waals surface area contributed by atoms with Gasteiger partial charge in [0.05, 0.1) is 17.3 Å². The molecule has 35 heavy (non-hydrogen) atoms. The number of aromatic nitrogens is 2. The number of nitrogens with zero attached hydrogens (tertiary/aromatic N) is 2. The fourth-order valence-corrected chi connectivity index (χ4v) is 6.44. The molecule has 9 heteroatoms. The second-order valence-electron chi connectivity index (χ2n) is 9.81. The van der Waals surface area contributed by atoms with Gasteiger partial charge in [-0.25, -0.2) is 4.79 Å². The Morgan fingerprint density at radius 1 is 1.34 bits per heavy atom. The first kappa shape index (κ1) is 24.5. The Morgan fingerprint density at radius 2 is 2.20 bits per heavy atom. The number of aliphatic hydroxyl groups is 1. The molecule has 4 aliphatic rings. The monoisotopic (exact) mass is 496 g/mol. The van der Waals surface area contributed by atoms with Gasteiger partial charge in [-0.15, -0.1) is 11.8 Å². The van der Waals surface area contributed by atoms with Gasteiger partial charge in [0, 0.05) is 43.7 Å². The number of hydrogen-bond donors (Lipinski definition) is 5. The summed E-state index contributed by atoms with van der Waals surface area (Å²) in [6, 6.07) is 0.512. The van der Waals surface area contributed by atoms with E-state index in [4.69, 9.17) is 0 Å². The van der Waals surface area contributed by atoms with Crippen molar-refractivity contribution < 1.29 is 5.11 Å². The quantitative estimate of drug-likeness (QED) is 0.353. The molecular formula is C26H36N6O2S. The van der Waals surface area contributed by atoms with E-state index in [1.54, 1.807) is 10.8 Å². The number of H-pyrrole nitrogens is 1. The number of fused-ring (bicyclic) bond motifs is 3. The number of hydrogen-bond acceptors (Lipinski definition) is 7. The standard InChI is InChI=1S/C26H36N6O2S/c1-4-15(2)30-25(33)18-6-5-11-27-24(18)29-13-17-8-10-22(35-17)16-7-9-20-19(12-16)23-21(14-28-20)31-26(34)32(23)3/h5-8,11-12,15,18,20,22,24-25,28-30,33H,4,9-10,13-14H2,1-3H3,(H,31,34)/t15-,18?,20-,22?,24+,25-/m0/s1. The molecule has 6 atom stereocenters. The average Bonchev–Trinajstić information content (AvgIpc) is 3.46. The van der Waals surface area contributed by atoms with Crippen LogP contribution in [0.3, 0.4) is 0 Å². The summed E-state index contributed by atoms with van der Waals surface area (Å²) in [5.74, 6) is -0.111. The SMILES string of the molecule is CC[C@H](C)N[C@@H](O)C1C=CC=N[C@@H]1NCC1=CCC(C2=CC[C@@H]3NCc4[nH]c(=O)n(C)c4C3=C2)S1. The Kier molecular flexibility index (Phi) is 7.31. The largest absolute Gasteiger partial charge is 0.378 e. The van der Waals surface area contributed by atoms with Gasteiger partial charge in [0.1, 0.15) is 12.4 Å². The predicted molar refractivity (Wildman–Crippen MR) is 143 cm³/mol. The van der Waals surface area contributed by atoms with Gasteiger partial charge in [0.2, 0.25) is 0 Å². The van der Waals surface area contributed by atoms with Crippen LogP contribution in [-0.4, -0.2) is 57.1 Å². The maximum Gasteiger partial charge on any atom is 0.325 e. The third kappa shape index (κ3) is 5.06. The summed E-state index contributed by atoms with van der Waals surface area (Å²) in [5, 5.41) is 21.5. The van der Waals surface area contributed by atoms with E-state index in [2.05, 4.69) is 58.0 Å². The number of allylic oxidation sites excluding steroid dienone is 3. The highest BCUT2D eigenvalue weighted by Gasteiger charge is 2.32. The van der Waals surface area contributed by atoms with Gasteiger partial charge in [0.15, 0.2) is 0 Å². The minimum atomic E-state index is -0.639. The van der Waals surface area contributed by atoms with E-state index in [1.807, 2.05) is 31.0 Å². The van der Waals surface area contributed by atoms with E-state index < -0.39 is 6.23 Å². The molecule has 1 aromatic heterocycles. The van der Waals surface area contributed by atoms with Gasteiger partial charge in [-0.05, 0) is 48.3 Å². The van der Waals surface area contributed by atoms with Crippen molar-refractivity contribution in [2.75, 3.05) is 6.54 Å². The second-order valence-corrected chi connectivity index (χ2v) is 11.1. The first-order chi connectivity index (χ1) is 16.9. The van der Waals surface area contributed by atoms with Crippen molar-refractivity contribution in [3.05, 3.63) is 62.7 Å². The molecule has 0 saturated carbocycles. The van der Waals surface area contributed by atoms with Crippen LogP contribution in [0.4, 0.5) is 0 Å². The summed E-state index contributed by atoms with van der Waals surface area (Å²) in [4.78, 5) is 21.1. The van der Waals surface area contributed by atoms with Crippen molar-refractivity contribution >= 4 is 23.5 Å². The number of aliphatic imine (C=N–C) groups is 1. The molecule has 0 amide bonds. The summed E-state index contributed by atoms with van der Waals surface area (Å²) in [6.45, 7) is 5.62. The molecule has 0 saturated heterocycles.